The highest BCUT2D eigenvalue weighted by Crippen LogP contribution is 2.13. The Bertz CT molecular complexity index is 402. The van der Waals surface area contributed by atoms with Gasteiger partial charge in [-0.2, -0.15) is 0 Å². The summed E-state index contributed by atoms with van der Waals surface area (Å²) in [5.41, 5.74) is 0.271. The fraction of sp³-hybridized carbons (Fsp3) is 0.750. The molecule has 2 heterocycles. The summed E-state index contributed by atoms with van der Waals surface area (Å²) in [6.45, 7) is 3.56. The summed E-state index contributed by atoms with van der Waals surface area (Å²) in [4.78, 5) is 4.32. The van der Waals surface area contributed by atoms with Crippen molar-refractivity contribution < 1.29 is 9.84 Å². The van der Waals surface area contributed by atoms with Crippen molar-refractivity contribution in [1.82, 2.24) is 20.2 Å². The van der Waals surface area contributed by atoms with Gasteiger partial charge in [-0.1, -0.05) is 11.8 Å². The Hall–Kier alpha value is -0.600. The highest BCUT2D eigenvalue weighted by molar-refractivity contribution is 7.98. The first-order chi connectivity index (χ1) is 9.14. The lowest BCUT2D eigenvalue weighted by molar-refractivity contribution is -0.0265. The third kappa shape index (κ3) is 3.93. The maximum atomic E-state index is 10.4. The van der Waals surface area contributed by atoms with Crippen LogP contribution in [0, 0.1) is 0 Å². The van der Waals surface area contributed by atoms with E-state index < -0.39 is 5.60 Å². The molecule has 1 atom stereocenters. The van der Waals surface area contributed by atoms with Gasteiger partial charge < -0.3 is 25.0 Å². The van der Waals surface area contributed by atoms with Gasteiger partial charge in [0.05, 0.1) is 25.1 Å². The normalized spacial score (nSPS) is 24.4. The zero-order valence-electron chi connectivity index (χ0n) is 11.5. The lowest BCUT2D eigenvalue weighted by Crippen LogP contribution is -2.50. The van der Waals surface area contributed by atoms with Crippen molar-refractivity contribution in [2.75, 3.05) is 39.1 Å². The molecule has 108 valence electrons. The summed E-state index contributed by atoms with van der Waals surface area (Å²) < 4.78 is 7.44. The van der Waals surface area contributed by atoms with Crippen LogP contribution in [0.1, 0.15) is 5.69 Å². The van der Waals surface area contributed by atoms with E-state index >= 15 is 0 Å². The van der Waals surface area contributed by atoms with E-state index in [9.17, 15) is 5.11 Å². The molecule has 1 aromatic rings. The number of β-amino-alcohol motifs (C(OH)–C–C–N with tert-alkyl or cyclic N) is 1. The number of ether oxygens (including phenoxy) is 1. The second kappa shape index (κ2) is 6.71. The van der Waals surface area contributed by atoms with Crippen molar-refractivity contribution in [2.45, 2.75) is 17.3 Å². The first-order valence-electron chi connectivity index (χ1n) is 6.41. The van der Waals surface area contributed by atoms with Gasteiger partial charge in [-0.15, -0.1) is 0 Å². The van der Waals surface area contributed by atoms with E-state index in [0.29, 0.717) is 32.8 Å². The van der Waals surface area contributed by atoms with Gasteiger partial charge in [-0.3, -0.25) is 0 Å². The van der Waals surface area contributed by atoms with Gasteiger partial charge in [-0.05, 0) is 6.26 Å². The Balaban J connectivity index is 1.83. The Morgan fingerprint density at radius 2 is 2.53 bits per heavy atom. The lowest BCUT2D eigenvalue weighted by Gasteiger charge is -2.26. The topological polar surface area (TPSA) is 71.3 Å². The maximum absolute atomic E-state index is 10.4. The molecule has 6 nitrogen and oxygen atoms in total. The van der Waals surface area contributed by atoms with Gasteiger partial charge in [-0.25, -0.2) is 4.98 Å². The van der Waals surface area contributed by atoms with Crippen LogP contribution in [0.4, 0.5) is 0 Å². The third-order valence-electron chi connectivity index (χ3n) is 3.23. The Morgan fingerprint density at radius 1 is 1.68 bits per heavy atom. The fourth-order valence-corrected chi connectivity index (χ4v) is 2.64. The maximum Gasteiger partial charge on any atom is 0.167 e. The summed E-state index contributed by atoms with van der Waals surface area (Å²) in [5.74, 6) is 0. The van der Waals surface area contributed by atoms with Crippen LogP contribution in [0.2, 0.25) is 0 Å². The number of hydrogen-bond donors (Lipinski definition) is 3. The first kappa shape index (κ1) is 14.8. The van der Waals surface area contributed by atoms with Gasteiger partial charge in [0.15, 0.2) is 5.16 Å². The summed E-state index contributed by atoms with van der Waals surface area (Å²) in [5, 5.41) is 17.8. The first-order valence-corrected chi connectivity index (χ1v) is 7.63. The van der Waals surface area contributed by atoms with Crippen LogP contribution in [0.5, 0.6) is 0 Å². The molecular formula is C12H22N4O2S. The van der Waals surface area contributed by atoms with Crippen LogP contribution < -0.4 is 10.6 Å². The van der Waals surface area contributed by atoms with Crippen LogP contribution in [0.3, 0.4) is 0 Å². The molecule has 1 aliphatic heterocycles. The zero-order valence-corrected chi connectivity index (χ0v) is 12.3. The third-order valence-corrected chi connectivity index (χ3v) is 3.98. The summed E-state index contributed by atoms with van der Waals surface area (Å²) in [6, 6.07) is 0. The molecule has 0 bridgehead atoms. The van der Waals surface area contributed by atoms with Gasteiger partial charge in [0, 0.05) is 33.2 Å². The average Bonchev–Trinajstić information content (AvgIpc) is 2.60. The molecule has 0 saturated carbocycles. The molecule has 1 saturated heterocycles. The van der Waals surface area contributed by atoms with E-state index in [-0.39, 0.29) is 0 Å². The van der Waals surface area contributed by atoms with E-state index in [2.05, 4.69) is 20.2 Å². The quantitative estimate of drug-likeness (QED) is 0.639. The van der Waals surface area contributed by atoms with Crippen LogP contribution in [-0.4, -0.2) is 59.4 Å². The van der Waals surface area contributed by atoms with Crippen molar-refractivity contribution >= 4 is 11.8 Å². The van der Waals surface area contributed by atoms with Crippen molar-refractivity contribution in [2.24, 2.45) is 7.05 Å². The van der Waals surface area contributed by atoms with E-state index in [0.717, 1.165) is 17.4 Å². The molecule has 1 fully saturated rings. The number of aromatic nitrogens is 2. The van der Waals surface area contributed by atoms with Gasteiger partial charge in [0.2, 0.25) is 0 Å². The highest BCUT2D eigenvalue weighted by atomic mass is 32.2. The molecule has 0 radical (unpaired) electrons. The minimum absolute atomic E-state index is 0.369. The minimum Gasteiger partial charge on any atom is -0.385 e. The van der Waals surface area contributed by atoms with E-state index in [1.807, 2.05) is 19.5 Å². The fourth-order valence-electron chi connectivity index (χ4n) is 2.10. The summed E-state index contributed by atoms with van der Waals surface area (Å²) in [7, 11) is 2.00. The molecule has 0 unspecified atom stereocenters. The lowest BCUT2D eigenvalue weighted by atomic mass is 10.1. The van der Waals surface area contributed by atoms with E-state index in [1.54, 1.807) is 11.8 Å². The van der Waals surface area contributed by atoms with Crippen molar-refractivity contribution in [3.63, 3.8) is 0 Å². The molecule has 0 amide bonds. The second-order valence-electron chi connectivity index (χ2n) is 4.85. The number of hydrogen-bond acceptors (Lipinski definition) is 6. The number of imidazole rings is 1. The number of nitrogens with one attached hydrogen (secondary N) is 2. The number of nitrogens with zero attached hydrogens (tertiary/aromatic N) is 2. The van der Waals surface area contributed by atoms with Gasteiger partial charge in [0.25, 0.3) is 0 Å². The van der Waals surface area contributed by atoms with E-state index in [1.165, 1.54) is 0 Å². The molecule has 3 N–H and O–H groups in total. The van der Waals surface area contributed by atoms with Gasteiger partial charge in [0.1, 0.15) is 5.60 Å². The van der Waals surface area contributed by atoms with Crippen molar-refractivity contribution in [1.29, 1.82) is 0 Å². The highest BCUT2D eigenvalue weighted by Gasteiger charge is 2.28. The zero-order chi connectivity index (χ0) is 13.7. The minimum atomic E-state index is -0.836. The number of thioether (sulfide) groups is 1. The van der Waals surface area contributed by atoms with Crippen molar-refractivity contribution in [3.05, 3.63) is 11.9 Å². The number of rotatable bonds is 5. The molecule has 1 aliphatic rings. The van der Waals surface area contributed by atoms with Crippen LogP contribution >= 0.6 is 11.8 Å². The Labute approximate surface area is 117 Å². The standard InChI is InChI=1S/C12H22N4O2S/c1-16-10(6-15-11(16)19-2)5-14-8-12(17)7-13-3-4-18-9-12/h6,13-14,17H,3-5,7-9H2,1-2H3/t12-/m0/s1. The second-order valence-corrected chi connectivity index (χ2v) is 5.63. The van der Waals surface area contributed by atoms with Crippen LogP contribution in [-0.2, 0) is 18.3 Å². The molecule has 19 heavy (non-hydrogen) atoms. The van der Waals surface area contributed by atoms with Crippen LogP contribution in [0.25, 0.3) is 0 Å². The monoisotopic (exact) mass is 286 g/mol. The SMILES string of the molecule is CSc1ncc(CNC[C@@]2(O)CNCCOC2)n1C. The summed E-state index contributed by atoms with van der Waals surface area (Å²) >= 11 is 1.62. The molecule has 2 rings (SSSR count). The Morgan fingerprint density at radius 3 is 3.26 bits per heavy atom. The molecule has 0 spiro atoms. The average molecular weight is 286 g/mol. The van der Waals surface area contributed by atoms with Crippen LogP contribution in [0.15, 0.2) is 11.4 Å². The summed E-state index contributed by atoms with van der Waals surface area (Å²) in [6.07, 6.45) is 3.88. The molecule has 0 aromatic carbocycles. The van der Waals surface area contributed by atoms with E-state index in [4.69, 9.17) is 4.74 Å². The largest absolute Gasteiger partial charge is 0.385 e. The number of aliphatic hydroxyl groups is 1. The molecule has 0 aliphatic carbocycles. The smallest absolute Gasteiger partial charge is 0.167 e. The molecular weight excluding hydrogens is 264 g/mol. The van der Waals surface area contributed by atoms with Crippen molar-refractivity contribution in [3.8, 4) is 0 Å². The Kier molecular flexibility index (Phi) is 5.23. The predicted octanol–water partition coefficient (Wildman–Crippen LogP) is -0.417. The van der Waals surface area contributed by atoms with Gasteiger partial charge >= 0.3 is 0 Å². The predicted molar refractivity (Wildman–Crippen MR) is 75.3 cm³/mol. The molecule has 7 heteroatoms. The molecule has 1 aromatic heterocycles.